The quantitative estimate of drug-likeness (QED) is 0.497. The number of hydrogen-bond donors (Lipinski definition) is 1. The minimum Gasteiger partial charge on any atom is -0.492 e. The molecule has 0 saturated heterocycles. The van der Waals surface area contributed by atoms with E-state index in [0.717, 1.165) is 21.5 Å². The standard InChI is InChI=1S/C23H30BrNO2/c1-16(2)18-9-6-7-10-20(18)25-22(26)11-8-14-27-21-13-12-17(15-19(21)24)23(3,4)5/h6-7,9-10,12-13,15-16H,8,11,14H2,1-5H3,(H,25,26). The summed E-state index contributed by atoms with van der Waals surface area (Å²) in [6, 6.07) is 14.1. The summed E-state index contributed by atoms with van der Waals surface area (Å²) in [5.74, 6) is 1.21. The van der Waals surface area contributed by atoms with Crippen molar-refractivity contribution in [2.75, 3.05) is 11.9 Å². The van der Waals surface area contributed by atoms with E-state index in [0.29, 0.717) is 25.4 Å². The zero-order chi connectivity index (χ0) is 20.0. The highest BCUT2D eigenvalue weighted by molar-refractivity contribution is 9.10. The lowest BCUT2D eigenvalue weighted by Gasteiger charge is -2.20. The van der Waals surface area contributed by atoms with Gasteiger partial charge >= 0.3 is 0 Å². The molecule has 0 aromatic heterocycles. The fraction of sp³-hybridized carbons (Fsp3) is 0.435. The first-order chi connectivity index (χ1) is 12.7. The average molecular weight is 432 g/mol. The topological polar surface area (TPSA) is 38.3 Å². The van der Waals surface area contributed by atoms with Gasteiger partial charge in [-0.1, -0.05) is 58.9 Å². The molecule has 0 spiro atoms. The Labute approximate surface area is 171 Å². The van der Waals surface area contributed by atoms with E-state index in [2.05, 4.69) is 74.1 Å². The highest BCUT2D eigenvalue weighted by Crippen LogP contribution is 2.31. The fourth-order valence-electron chi connectivity index (χ4n) is 2.83. The largest absolute Gasteiger partial charge is 0.492 e. The van der Waals surface area contributed by atoms with Crippen LogP contribution >= 0.6 is 15.9 Å². The van der Waals surface area contributed by atoms with Crippen LogP contribution in [0.1, 0.15) is 64.5 Å². The molecular formula is C23H30BrNO2. The van der Waals surface area contributed by atoms with Crippen molar-refractivity contribution in [1.82, 2.24) is 0 Å². The molecule has 0 aliphatic carbocycles. The van der Waals surface area contributed by atoms with Crippen molar-refractivity contribution in [2.45, 2.75) is 58.8 Å². The van der Waals surface area contributed by atoms with E-state index in [1.807, 2.05) is 24.3 Å². The lowest BCUT2D eigenvalue weighted by molar-refractivity contribution is -0.116. The molecule has 0 atom stereocenters. The molecule has 0 unspecified atom stereocenters. The van der Waals surface area contributed by atoms with E-state index in [4.69, 9.17) is 4.74 Å². The number of halogens is 1. The molecule has 0 bridgehead atoms. The zero-order valence-electron chi connectivity index (χ0n) is 16.9. The van der Waals surface area contributed by atoms with Crippen molar-refractivity contribution >= 4 is 27.5 Å². The van der Waals surface area contributed by atoms with Crippen LogP contribution in [0.2, 0.25) is 0 Å². The average Bonchev–Trinajstić information content (AvgIpc) is 2.59. The maximum Gasteiger partial charge on any atom is 0.224 e. The van der Waals surface area contributed by atoms with Crippen molar-refractivity contribution in [3.05, 3.63) is 58.1 Å². The van der Waals surface area contributed by atoms with Gasteiger partial charge in [-0.3, -0.25) is 4.79 Å². The molecule has 0 radical (unpaired) electrons. The van der Waals surface area contributed by atoms with Crippen LogP contribution in [0, 0.1) is 0 Å². The van der Waals surface area contributed by atoms with Crippen LogP contribution < -0.4 is 10.1 Å². The third-order valence-electron chi connectivity index (χ3n) is 4.46. The van der Waals surface area contributed by atoms with Gasteiger partial charge in [-0.25, -0.2) is 0 Å². The van der Waals surface area contributed by atoms with Crippen molar-refractivity contribution in [3.63, 3.8) is 0 Å². The van der Waals surface area contributed by atoms with Gasteiger partial charge < -0.3 is 10.1 Å². The SMILES string of the molecule is CC(C)c1ccccc1NC(=O)CCCOc1ccc(C(C)(C)C)cc1Br. The number of hydrogen-bond acceptors (Lipinski definition) is 2. The number of benzene rings is 2. The Hall–Kier alpha value is -1.81. The van der Waals surface area contributed by atoms with Crippen LogP contribution in [0.4, 0.5) is 5.69 Å². The van der Waals surface area contributed by atoms with Crippen LogP contribution in [-0.2, 0) is 10.2 Å². The van der Waals surface area contributed by atoms with E-state index in [1.54, 1.807) is 0 Å². The fourth-order valence-corrected chi connectivity index (χ4v) is 3.32. The number of amides is 1. The highest BCUT2D eigenvalue weighted by Gasteiger charge is 2.15. The summed E-state index contributed by atoms with van der Waals surface area (Å²) in [7, 11) is 0. The van der Waals surface area contributed by atoms with Crippen molar-refractivity contribution < 1.29 is 9.53 Å². The summed E-state index contributed by atoms with van der Waals surface area (Å²) in [5.41, 5.74) is 3.42. The monoisotopic (exact) mass is 431 g/mol. The minimum atomic E-state index is 0.0221. The summed E-state index contributed by atoms with van der Waals surface area (Å²) < 4.78 is 6.79. The first kappa shape index (κ1) is 21.5. The molecule has 146 valence electrons. The lowest BCUT2D eigenvalue weighted by atomic mass is 9.87. The van der Waals surface area contributed by atoms with Crippen LogP contribution in [0.15, 0.2) is 46.9 Å². The maximum absolute atomic E-state index is 12.2. The smallest absolute Gasteiger partial charge is 0.224 e. The third kappa shape index (κ3) is 6.39. The minimum absolute atomic E-state index is 0.0221. The lowest BCUT2D eigenvalue weighted by Crippen LogP contribution is -2.14. The maximum atomic E-state index is 12.2. The molecule has 0 heterocycles. The number of anilines is 1. The van der Waals surface area contributed by atoms with E-state index in [-0.39, 0.29) is 11.3 Å². The summed E-state index contributed by atoms with van der Waals surface area (Å²) >= 11 is 3.58. The van der Waals surface area contributed by atoms with E-state index in [9.17, 15) is 4.79 Å². The molecule has 0 aliphatic rings. The summed E-state index contributed by atoms with van der Waals surface area (Å²) in [6.45, 7) is 11.3. The van der Waals surface area contributed by atoms with Gasteiger partial charge in [-0.2, -0.15) is 0 Å². The predicted molar refractivity (Wildman–Crippen MR) is 117 cm³/mol. The molecule has 2 aromatic rings. The Balaban J connectivity index is 1.83. The molecule has 27 heavy (non-hydrogen) atoms. The second-order valence-corrected chi connectivity index (χ2v) is 8.99. The Kier molecular flexibility index (Phi) is 7.49. The normalized spacial score (nSPS) is 11.5. The summed E-state index contributed by atoms with van der Waals surface area (Å²) in [6.07, 6.45) is 1.10. The van der Waals surface area contributed by atoms with Crippen molar-refractivity contribution in [3.8, 4) is 5.75 Å². The summed E-state index contributed by atoms with van der Waals surface area (Å²) in [5, 5.41) is 3.02. The van der Waals surface area contributed by atoms with Crippen molar-refractivity contribution in [2.24, 2.45) is 0 Å². The Morgan fingerprint density at radius 3 is 2.48 bits per heavy atom. The number of para-hydroxylation sites is 1. The molecule has 0 fully saturated rings. The third-order valence-corrected chi connectivity index (χ3v) is 5.08. The van der Waals surface area contributed by atoms with Gasteiger partial charge in [0.05, 0.1) is 11.1 Å². The van der Waals surface area contributed by atoms with Gasteiger partial charge in [-0.05, 0) is 63.0 Å². The molecule has 2 rings (SSSR count). The Morgan fingerprint density at radius 1 is 1.15 bits per heavy atom. The van der Waals surface area contributed by atoms with Gasteiger partial charge in [0.2, 0.25) is 5.91 Å². The predicted octanol–water partition coefficient (Wildman–Crippen LogP) is 6.67. The van der Waals surface area contributed by atoms with E-state index >= 15 is 0 Å². The van der Waals surface area contributed by atoms with E-state index in [1.165, 1.54) is 5.56 Å². The second kappa shape index (κ2) is 9.41. The van der Waals surface area contributed by atoms with Crippen LogP contribution in [0.5, 0.6) is 5.75 Å². The van der Waals surface area contributed by atoms with Gasteiger partial charge in [0.15, 0.2) is 0 Å². The molecule has 4 heteroatoms. The first-order valence-corrected chi connectivity index (χ1v) is 10.3. The Morgan fingerprint density at radius 2 is 1.85 bits per heavy atom. The van der Waals surface area contributed by atoms with Gasteiger partial charge in [0, 0.05) is 12.1 Å². The Bertz CT molecular complexity index is 778. The van der Waals surface area contributed by atoms with Crippen LogP contribution in [-0.4, -0.2) is 12.5 Å². The number of nitrogens with one attached hydrogen (secondary N) is 1. The highest BCUT2D eigenvalue weighted by atomic mass is 79.9. The van der Waals surface area contributed by atoms with E-state index < -0.39 is 0 Å². The molecular weight excluding hydrogens is 402 g/mol. The zero-order valence-corrected chi connectivity index (χ0v) is 18.5. The number of carbonyl (C=O) groups excluding carboxylic acids is 1. The molecule has 0 saturated carbocycles. The van der Waals surface area contributed by atoms with Gasteiger partial charge in [-0.15, -0.1) is 0 Å². The molecule has 2 aromatic carbocycles. The van der Waals surface area contributed by atoms with Gasteiger partial charge in [0.25, 0.3) is 0 Å². The molecule has 3 nitrogen and oxygen atoms in total. The molecule has 1 N–H and O–H groups in total. The van der Waals surface area contributed by atoms with Gasteiger partial charge in [0.1, 0.15) is 5.75 Å². The molecule has 0 aliphatic heterocycles. The number of rotatable bonds is 7. The van der Waals surface area contributed by atoms with Crippen molar-refractivity contribution in [1.29, 1.82) is 0 Å². The van der Waals surface area contributed by atoms with Crippen LogP contribution in [0.3, 0.4) is 0 Å². The summed E-state index contributed by atoms with van der Waals surface area (Å²) in [4.78, 5) is 12.2. The first-order valence-electron chi connectivity index (χ1n) is 9.50. The number of ether oxygens (including phenoxy) is 1. The second-order valence-electron chi connectivity index (χ2n) is 8.14. The number of carbonyl (C=O) groups is 1. The van der Waals surface area contributed by atoms with Crippen LogP contribution in [0.25, 0.3) is 0 Å². The molecule has 1 amide bonds.